The average molecular weight is 510 g/mol. The zero-order chi connectivity index (χ0) is 26.5. The van der Waals surface area contributed by atoms with Crippen LogP contribution in [-0.4, -0.2) is 16.4 Å². The van der Waals surface area contributed by atoms with Gasteiger partial charge < -0.3 is 0 Å². The van der Waals surface area contributed by atoms with Crippen molar-refractivity contribution in [1.29, 1.82) is 0 Å². The molecule has 0 fully saturated rings. The van der Waals surface area contributed by atoms with Crippen LogP contribution >= 0.6 is 0 Å². The molecule has 0 spiro atoms. The van der Waals surface area contributed by atoms with E-state index in [0.717, 1.165) is 24.3 Å². The van der Waals surface area contributed by atoms with Crippen LogP contribution in [0.5, 0.6) is 0 Å². The van der Waals surface area contributed by atoms with Crippen molar-refractivity contribution in [3.63, 3.8) is 0 Å². The summed E-state index contributed by atoms with van der Waals surface area (Å²) in [5, 5.41) is 0. The standard InChI is InChI=1S/C31H19F4N3/c32-22-14-7-15-23(33)30(22)37-28(20-10-3-1-4-11-20)26-18-9-19-27(36-26)29(21-12-5-2-6-13-21)38-31-24(34)16-8-17-25(31)35/h1-19H/b37-28+,38-29+. The van der Waals surface area contributed by atoms with Crippen LogP contribution in [-0.2, 0) is 0 Å². The van der Waals surface area contributed by atoms with Gasteiger partial charge in [0.15, 0.2) is 23.3 Å². The van der Waals surface area contributed by atoms with Crippen molar-refractivity contribution in [2.45, 2.75) is 0 Å². The summed E-state index contributed by atoms with van der Waals surface area (Å²) in [7, 11) is 0. The largest absolute Gasteiger partial charge is 0.244 e. The molecule has 5 rings (SSSR count). The fourth-order valence-electron chi connectivity index (χ4n) is 3.85. The molecule has 0 unspecified atom stereocenters. The fourth-order valence-corrected chi connectivity index (χ4v) is 3.85. The molecule has 0 aliphatic rings. The average Bonchev–Trinajstić information content (AvgIpc) is 2.94. The van der Waals surface area contributed by atoms with Crippen molar-refractivity contribution in [2.75, 3.05) is 0 Å². The Balaban J connectivity index is 1.72. The van der Waals surface area contributed by atoms with Crippen LogP contribution in [0.15, 0.2) is 125 Å². The van der Waals surface area contributed by atoms with Gasteiger partial charge in [-0.1, -0.05) is 78.9 Å². The lowest BCUT2D eigenvalue weighted by Gasteiger charge is -2.12. The van der Waals surface area contributed by atoms with Crippen LogP contribution in [0.1, 0.15) is 22.5 Å². The quantitative estimate of drug-likeness (QED) is 0.169. The Morgan fingerprint density at radius 2 is 0.763 bits per heavy atom. The first-order chi connectivity index (χ1) is 18.5. The molecular formula is C31H19F4N3. The maximum Gasteiger partial charge on any atom is 0.151 e. The Kier molecular flexibility index (Phi) is 7.17. The van der Waals surface area contributed by atoms with E-state index in [1.165, 1.54) is 12.1 Å². The molecule has 1 heterocycles. The molecule has 0 N–H and O–H groups in total. The number of para-hydroxylation sites is 2. The Morgan fingerprint density at radius 1 is 0.421 bits per heavy atom. The Morgan fingerprint density at radius 3 is 1.13 bits per heavy atom. The molecule has 1 aromatic heterocycles. The van der Waals surface area contributed by atoms with E-state index in [2.05, 4.69) is 15.0 Å². The first-order valence-corrected chi connectivity index (χ1v) is 11.7. The second-order valence-corrected chi connectivity index (χ2v) is 8.20. The van der Waals surface area contributed by atoms with Crippen LogP contribution in [0.2, 0.25) is 0 Å². The number of nitrogens with zero attached hydrogens (tertiary/aromatic N) is 3. The summed E-state index contributed by atoms with van der Waals surface area (Å²) < 4.78 is 58.1. The number of hydrogen-bond acceptors (Lipinski definition) is 3. The van der Waals surface area contributed by atoms with Crippen LogP contribution < -0.4 is 0 Å². The highest BCUT2D eigenvalue weighted by Crippen LogP contribution is 2.26. The van der Waals surface area contributed by atoms with E-state index in [0.29, 0.717) is 11.1 Å². The lowest BCUT2D eigenvalue weighted by molar-refractivity contribution is 0.587. The van der Waals surface area contributed by atoms with Gasteiger partial charge in [0, 0.05) is 11.1 Å². The minimum atomic E-state index is -0.823. The summed E-state index contributed by atoms with van der Waals surface area (Å²) in [5.74, 6) is -3.29. The van der Waals surface area contributed by atoms with Gasteiger partial charge in [-0.25, -0.2) is 32.5 Å². The van der Waals surface area contributed by atoms with E-state index in [4.69, 9.17) is 0 Å². The van der Waals surface area contributed by atoms with E-state index in [-0.39, 0.29) is 22.8 Å². The lowest BCUT2D eigenvalue weighted by Crippen LogP contribution is -2.12. The SMILES string of the molecule is Fc1cccc(F)c1/N=C(\c1ccccc1)c1cccc(/C(=N/c2c(F)cccc2F)c2ccccc2)n1. The summed E-state index contributed by atoms with van der Waals surface area (Å²) in [6.07, 6.45) is 0. The summed E-state index contributed by atoms with van der Waals surface area (Å²) in [6, 6.07) is 29.6. The topological polar surface area (TPSA) is 37.6 Å². The summed E-state index contributed by atoms with van der Waals surface area (Å²) in [6.45, 7) is 0. The minimum absolute atomic E-state index is 0.209. The van der Waals surface area contributed by atoms with Crippen molar-refractivity contribution < 1.29 is 17.6 Å². The molecule has 0 aliphatic carbocycles. The molecule has 0 saturated carbocycles. The Bertz CT molecular complexity index is 1490. The molecule has 0 amide bonds. The molecule has 38 heavy (non-hydrogen) atoms. The summed E-state index contributed by atoms with van der Waals surface area (Å²) in [4.78, 5) is 13.3. The predicted octanol–water partition coefficient (Wildman–Crippen LogP) is 7.98. The molecule has 0 bridgehead atoms. The first-order valence-electron chi connectivity index (χ1n) is 11.7. The maximum atomic E-state index is 14.5. The molecule has 4 aromatic carbocycles. The van der Waals surface area contributed by atoms with Crippen molar-refractivity contribution in [3.8, 4) is 0 Å². The monoisotopic (exact) mass is 509 g/mol. The van der Waals surface area contributed by atoms with E-state index in [1.807, 2.05) is 0 Å². The highest BCUT2D eigenvalue weighted by atomic mass is 19.1. The third kappa shape index (κ3) is 5.27. The van der Waals surface area contributed by atoms with Gasteiger partial charge in [-0.15, -0.1) is 0 Å². The molecule has 5 aromatic rings. The minimum Gasteiger partial charge on any atom is -0.244 e. The molecule has 0 radical (unpaired) electrons. The van der Waals surface area contributed by atoms with E-state index in [1.54, 1.807) is 78.9 Å². The molecule has 0 atom stereocenters. The zero-order valence-corrected chi connectivity index (χ0v) is 19.8. The summed E-state index contributed by atoms with van der Waals surface area (Å²) >= 11 is 0. The zero-order valence-electron chi connectivity index (χ0n) is 19.8. The Hall–Kier alpha value is -4.91. The molecule has 0 aliphatic heterocycles. The highest BCUT2D eigenvalue weighted by molar-refractivity contribution is 6.15. The second kappa shape index (κ2) is 11.0. The number of aromatic nitrogens is 1. The van der Waals surface area contributed by atoms with Crippen molar-refractivity contribution in [3.05, 3.63) is 161 Å². The third-order valence-corrected chi connectivity index (χ3v) is 5.65. The van der Waals surface area contributed by atoms with Gasteiger partial charge in [-0.05, 0) is 36.4 Å². The van der Waals surface area contributed by atoms with E-state index < -0.39 is 34.6 Å². The van der Waals surface area contributed by atoms with Gasteiger partial charge in [0.2, 0.25) is 0 Å². The number of pyridine rings is 1. The van der Waals surface area contributed by atoms with Gasteiger partial charge in [-0.2, -0.15) is 0 Å². The highest BCUT2D eigenvalue weighted by Gasteiger charge is 2.17. The predicted molar refractivity (Wildman–Crippen MR) is 140 cm³/mol. The summed E-state index contributed by atoms with van der Waals surface area (Å²) in [5.41, 5.74) is 1.22. The van der Waals surface area contributed by atoms with Gasteiger partial charge in [-0.3, -0.25) is 0 Å². The third-order valence-electron chi connectivity index (χ3n) is 5.65. The fraction of sp³-hybridized carbons (Fsp3) is 0. The number of halogens is 4. The van der Waals surface area contributed by atoms with Crippen LogP contribution in [0.3, 0.4) is 0 Å². The number of benzene rings is 4. The smallest absolute Gasteiger partial charge is 0.151 e. The van der Waals surface area contributed by atoms with Gasteiger partial charge in [0.25, 0.3) is 0 Å². The number of rotatable bonds is 6. The number of aliphatic imine (C=N–C) groups is 2. The molecule has 0 saturated heterocycles. The van der Waals surface area contributed by atoms with Crippen LogP contribution in [0.25, 0.3) is 0 Å². The van der Waals surface area contributed by atoms with E-state index >= 15 is 0 Å². The second-order valence-electron chi connectivity index (χ2n) is 8.20. The van der Waals surface area contributed by atoms with E-state index in [9.17, 15) is 17.6 Å². The van der Waals surface area contributed by atoms with Gasteiger partial charge in [0.05, 0.1) is 22.8 Å². The van der Waals surface area contributed by atoms with Crippen molar-refractivity contribution >= 4 is 22.8 Å². The van der Waals surface area contributed by atoms with Crippen LogP contribution in [0.4, 0.5) is 28.9 Å². The Labute approximate surface area is 216 Å². The van der Waals surface area contributed by atoms with Gasteiger partial charge in [0.1, 0.15) is 11.4 Å². The number of hydrogen-bond donors (Lipinski definition) is 0. The molecular weight excluding hydrogens is 490 g/mol. The molecule has 186 valence electrons. The maximum absolute atomic E-state index is 14.5. The van der Waals surface area contributed by atoms with Crippen molar-refractivity contribution in [1.82, 2.24) is 4.98 Å². The van der Waals surface area contributed by atoms with Crippen LogP contribution in [0, 0.1) is 23.3 Å². The lowest BCUT2D eigenvalue weighted by atomic mass is 10.0. The first kappa shape index (κ1) is 24.8. The molecule has 3 nitrogen and oxygen atoms in total. The van der Waals surface area contributed by atoms with Gasteiger partial charge >= 0.3 is 0 Å². The molecule has 7 heteroatoms. The normalized spacial score (nSPS) is 12.0. The van der Waals surface area contributed by atoms with Crippen molar-refractivity contribution in [2.24, 2.45) is 9.98 Å².